The van der Waals surface area contributed by atoms with E-state index in [-0.39, 0.29) is 23.0 Å². The highest BCUT2D eigenvalue weighted by Crippen LogP contribution is 2.38. The van der Waals surface area contributed by atoms with Gasteiger partial charge < -0.3 is 14.0 Å². The topological polar surface area (TPSA) is 114 Å². The monoisotopic (exact) mass is 723 g/mol. The van der Waals surface area contributed by atoms with Gasteiger partial charge in [-0.3, -0.25) is 14.9 Å². The van der Waals surface area contributed by atoms with Crippen LogP contribution in [0.3, 0.4) is 0 Å². The SMILES string of the molecule is CCOc1cc(C)c(-c2nc3ccccc3c(=O)n2N=Cc2cc(C)n(-c3ccc(Oc4ccc(C(F)(F)F)cc4[N+](=O)[O-])cc3)c2C)cc1C(C)C. The maximum Gasteiger partial charge on any atom is 0.416 e. The van der Waals surface area contributed by atoms with Crippen molar-refractivity contribution in [3.8, 4) is 34.3 Å². The molecular formula is C40H36F3N5O5. The average molecular weight is 724 g/mol. The highest BCUT2D eigenvalue weighted by Gasteiger charge is 2.33. The van der Waals surface area contributed by atoms with Gasteiger partial charge in [-0.25, -0.2) is 4.98 Å². The van der Waals surface area contributed by atoms with Crippen LogP contribution in [0.4, 0.5) is 18.9 Å². The molecule has 0 N–H and O–H groups in total. The summed E-state index contributed by atoms with van der Waals surface area (Å²) in [6, 6.07) is 21.8. The first-order valence-electron chi connectivity index (χ1n) is 16.8. The molecule has 4 aromatic carbocycles. The summed E-state index contributed by atoms with van der Waals surface area (Å²) >= 11 is 0. The van der Waals surface area contributed by atoms with Gasteiger partial charge in [-0.2, -0.15) is 22.9 Å². The lowest BCUT2D eigenvalue weighted by atomic mass is 9.96. The molecule has 53 heavy (non-hydrogen) atoms. The first kappa shape index (κ1) is 36.5. The molecular weight excluding hydrogens is 687 g/mol. The molecule has 0 unspecified atom stereocenters. The number of benzene rings is 4. The summed E-state index contributed by atoms with van der Waals surface area (Å²) in [6.07, 6.45) is -3.12. The smallest absolute Gasteiger partial charge is 0.416 e. The maximum atomic E-state index is 14.0. The molecule has 6 rings (SSSR count). The number of nitro benzene ring substituents is 1. The van der Waals surface area contributed by atoms with E-state index in [9.17, 15) is 28.1 Å². The zero-order valence-electron chi connectivity index (χ0n) is 29.9. The van der Waals surface area contributed by atoms with Crippen LogP contribution in [0.15, 0.2) is 94.8 Å². The van der Waals surface area contributed by atoms with Crippen LogP contribution >= 0.6 is 0 Å². The normalized spacial score (nSPS) is 11.9. The molecule has 0 fully saturated rings. The fraction of sp³-hybridized carbons (Fsp3) is 0.225. The minimum absolute atomic E-state index is 0.148. The average Bonchev–Trinajstić information content (AvgIpc) is 3.39. The predicted octanol–water partition coefficient (Wildman–Crippen LogP) is 9.90. The number of alkyl halides is 3. The third-order valence-corrected chi connectivity index (χ3v) is 8.86. The van der Waals surface area contributed by atoms with Gasteiger partial charge in [0.05, 0.1) is 34.2 Å². The van der Waals surface area contributed by atoms with Crippen molar-refractivity contribution in [2.75, 3.05) is 6.61 Å². The summed E-state index contributed by atoms with van der Waals surface area (Å²) in [6.45, 7) is 12.4. The minimum atomic E-state index is -4.74. The van der Waals surface area contributed by atoms with E-state index in [1.165, 1.54) is 4.68 Å². The number of halogens is 3. The summed E-state index contributed by atoms with van der Waals surface area (Å²) in [7, 11) is 0. The molecule has 0 aliphatic rings. The van der Waals surface area contributed by atoms with Gasteiger partial charge in [-0.05, 0) is 111 Å². The van der Waals surface area contributed by atoms with E-state index in [4.69, 9.17) is 19.6 Å². The fourth-order valence-electron chi connectivity index (χ4n) is 6.22. The second-order valence-electron chi connectivity index (χ2n) is 12.8. The summed E-state index contributed by atoms with van der Waals surface area (Å²) in [5.74, 6) is 1.21. The van der Waals surface area contributed by atoms with Crippen molar-refractivity contribution in [3.63, 3.8) is 0 Å². The van der Waals surface area contributed by atoms with Crippen LogP contribution in [-0.4, -0.2) is 32.0 Å². The summed E-state index contributed by atoms with van der Waals surface area (Å²) in [5, 5.41) is 16.7. The van der Waals surface area contributed by atoms with Gasteiger partial charge >= 0.3 is 11.9 Å². The largest absolute Gasteiger partial charge is 0.494 e. The van der Waals surface area contributed by atoms with Crippen molar-refractivity contribution >= 4 is 22.8 Å². The van der Waals surface area contributed by atoms with E-state index in [1.807, 2.05) is 56.5 Å². The second-order valence-corrected chi connectivity index (χ2v) is 12.8. The van der Waals surface area contributed by atoms with Crippen LogP contribution in [0.25, 0.3) is 28.0 Å². The van der Waals surface area contributed by atoms with E-state index in [2.05, 4.69) is 13.8 Å². The first-order valence-corrected chi connectivity index (χ1v) is 16.8. The molecule has 0 radical (unpaired) electrons. The molecule has 2 heterocycles. The maximum absolute atomic E-state index is 14.0. The molecule has 6 aromatic rings. The van der Waals surface area contributed by atoms with Gasteiger partial charge in [0.1, 0.15) is 11.5 Å². The molecule has 0 saturated carbocycles. The van der Waals surface area contributed by atoms with Crippen molar-refractivity contribution in [3.05, 3.63) is 139 Å². The van der Waals surface area contributed by atoms with Crippen molar-refractivity contribution in [2.24, 2.45) is 5.10 Å². The first-order chi connectivity index (χ1) is 25.2. The number of aryl methyl sites for hydroxylation is 2. The van der Waals surface area contributed by atoms with E-state index in [0.717, 1.165) is 57.2 Å². The lowest BCUT2D eigenvalue weighted by Crippen LogP contribution is -2.21. The van der Waals surface area contributed by atoms with Crippen LogP contribution in [0, 0.1) is 30.9 Å². The Hall–Kier alpha value is -6.24. The van der Waals surface area contributed by atoms with E-state index < -0.39 is 22.4 Å². The molecule has 0 aliphatic heterocycles. The zero-order chi connectivity index (χ0) is 38.2. The second kappa shape index (κ2) is 14.4. The molecule has 0 bridgehead atoms. The van der Waals surface area contributed by atoms with Crippen molar-refractivity contribution < 1.29 is 27.6 Å². The Morgan fingerprint density at radius 1 is 0.962 bits per heavy atom. The highest BCUT2D eigenvalue weighted by molar-refractivity contribution is 5.84. The molecule has 0 amide bonds. The molecule has 10 nitrogen and oxygen atoms in total. The van der Waals surface area contributed by atoms with Crippen LogP contribution < -0.4 is 15.0 Å². The van der Waals surface area contributed by atoms with Gasteiger partial charge in [0.2, 0.25) is 5.75 Å². The Kier molecular flexibility index (Phi) is 9.94. The quantitative estimate of drug-likeness (QED) is 0.0790. The fourth-order valence-corrected chi connectivity index (χ4v) is 6.22. The van der Waals surface area contributed by atoms with Crippen LogP contribution in [0.5, 0.6) is 17.2 Å². The molecule has 13 heteroatoms. The van der Waals surface area contributed by atoms with Crippen molar-refractivity contribution in [1.82, 2.24) is 14.2 Å². The Morgan fingerprint density at radius 2 is 1.68 bits per heavy atom. The third kappa shape index (κ3) is 7.27. The number of nitro groups is 1. The predicted molar refractivity (Wildman–Crippen MR) is 198 cm³/mol. The molecule has 0 saturated heterocycles. The number of aromatic nitrogens is 3. The van der Waals surface area contributed by atoms with Crippen molar-refractivity contribution in [1.29, 1.82) is 0 Å². The van der Waals surface area contributed by atoms with Gasteiger partial charge in [0.25, 0.3) is 5.56 Å². The Balaban J connectivity index is 1.36. The van der Waals surface area contributed by atoms with E-state index >= 15 is 0 Å². The summed E-state index contributed by atoms with van der Waals surface area (Å²) in [5.41, 5.74) is 4.03. The molecule has 0 aliphatic carbocycles. The number of hydrogen-bond acceptors (Lipinski definition) is 7. The Labute approximate surface area is 302 Å². The lowest BCUT2D eigenvalue weighted by Gasteiger charge is -2.18. The molecule has 0 spiro atoms. The minimum Gasteiger partial charge on any atom is -0.494 e. The summed E-state index contributed by atoms with van der Waals surface area (Å²) < 4.78 is 54.3. The van der Waals surface area contributed by atoms with Crippen molar-refractivity contribution in [2.45, 2.75) is 53.6 Å². The number of hydrogen-bond donors (Lipinski definition) is 0. The lowest BCUT2D eigenvalue weighted by molar-refractivity contribution is -0.385. The number of fused-ring (bicyclic) bond motifs is 1. The number of nitrogens with zero attached hydrogens (tertiary/aromatic N) is 5. The third-order valence-electron chi connectivity index (χ3n) is 8.86. The van der Waals surface area contributed by atoms with Gasteiger partial charge in [0, 0.05) is 34.3 Å². The van der Waals surface area contributed by atoms with Gasteiger partial charge in [-0.1, -0.05) is 26.0 Å². The summed E-state index contributed by atoms with van der Waals surface area (Å²) in [4.78, 5) is 29.5. The standard InChI is InChI=1S/C40H36F3N5O5/c1-7-52-37-18-24(4)33(21-32(37)23(2)3)38-45-34-11-9-8-10-31(34)39(49)47(38)44-22-27-19-25(5)46(26(27)6)29-13-15-30(16-14-29)53-36-17-12-28(40(41,42)43)20-35(36)48(50)51/h8-23H,7H2,1-6H3. The van der Waals surface area contributed by atoms with Crippen LogP contribution in [0.2, 0.25) is 0 Å². The van der Waals surface area contributed by atoms with Crippen LogP contribution in [-0.2, 0) is 6.18 Å². The Bertz CT molecular complexity index is 2450. The highest BCUT2D eigenvalue weighted by atomic mass is 19.4. The number of ether oxygens (including phenoxy) is 2. The number of para-hydroxylation sites is 1. The number of rotatable bonds is 10. The van der Waals surface area contributed by atoms with Crippen LogP contribution in [0.1, 0.15) is 60.3 Å². The molecule has 272 valence electrons. The van der Waals surface area contributed by atoms with E-state index in [1.54, 1.807) is 48.7 Å². The van der Waals surface area contributed by atoms with Gasteiger partial charge in [0.15, 0.2) is 5.82 Å². The zero-order valence-corrected chi connectivity index (χ0v) is 29.9. The van der Waals surface area contributed by atoms with Gasteiger partial charge in [-0.15, -0.1) is 0 Å². The van der Waals surface area contributed by atoms with E-state index in [0.29, 0.717) is 29.4 Å². The molecule has 0 atom stereocenters. The molecule has 2 aromatic heterocycles. The Morgan fingerprint density at radius 3 is 2.34 bits per heavy atom.